The average molecular weight is 603 g/mol. The maximum absolute atomic E-state index is 13.7. The van der Waals surface area contributed by atoms with E-state index in [1.165, 1.54) is 31.7 Å². The fourth-order valence-corrected chi connectivity index (χ4v) is 6.45. The van der Waals surface area contributed by atoms with Crippen LogP contribution in [0.5, 0.6) is 11.5 Å². The summed E-state index contributed by atoms with van der Waals surface area (Å²) < 4.78 is 40.9. The van der Waals surface area contributed by atoms with E-state index in [1.54, 1.807) is 48.0 Å². The third-order valence-corrected chi connectivity index (χ3v) is 9.42. The number of fused-ring (bicyclic) bond motifs is 1. The molecule has 0 spiro atoms. The Kier molecular flexibility index (Phi) is 10.2. The van der Waals surface area contributed by atoms with Crippen LogP contribution >= 0.6 is 0 Å². The number of aliphatic hydroxyl groups is 1. The minimum Gasteiger partial charge on any atom is -0.497 e. The molecule has 1 fully saturated rings. The predicted octanol–water partition coefficient (Wildman–Crippen LogP) is 3.69. The topological polar surface area (TPSA) is 138 Å². The second-order valence-corrected chi connectivity index (χ2v) is 12.9. The van der Waals surface area contributed by atoms with Crippen molar-refractivity contribution in [1.29, 1.82) is 0 Å². The third-order valence-electron chi connectivity index (χ3n) is 8.04. The lowest BCUT2D eigenvalue weighted by Crippen LogP contribution is -2.52. The second kappa shape index (κ2) is 13.6. The smallest absolute Gasteiger partial charge is 0.317 e. The molecule has 3 N–H and O–H groups in total. The van der Waals surface area contributed by atoms with Crippen molar-refractivity contribution in [2.45, 2.75) is 69.0 Å². The van der Waals surface area contributed by atoms with Gasteiger partial charge in [0.05, 0.1) is 42.4 Å². The summed E-state index contributed by atoms with van der Waals surface area (Å²) in [4.78, 5) is 30.0. The number of ether oxygens (including phenoxy) is 2. The van der Waals surface area contributed by atoms with E-state index in [1.807, 2.05) is 6.92 Å². The molecule has 230 valence electrons. The number of carbonyl (C=O) groups excluding carboxylic acids is 2. The van der Waals surface area contributed by atoms with Gasteiger partial charge in [-0.3, -0.25) is 9.52 Å². The molecule has 1 heterocycles. The number of hydrogen-bond donors (Lipinski definition) is 3. The van der Waals surface area contributed by atoms with Gasteiger partial charge in [-0.25, -0.2) is 13.2 Å². The van der Waals surface area contributed by atoms with E-state index < -0.39 is 22.2 Å². The number of rotatable bonds is 9. The highest BCUT2D eigenvalue weighted by Gasteiger charge is 2.35. The van der Waals surface area contributed by atoms with Crippen LogP contribution in [0.3, 0.4) is 0 Å². The Hall–Kier alpha value is -3.51. The number of nitrogens with zero attached hydrogens (tertiary/aromatic N) is 2. The summed E-state index contributed by atoms with van der Waals surface area (Å²) in [5.41, 5.74) is 0.262. The van der Waals surface area contributed by atoms with Gasteiger partial charge in [0.2, 0.25) is 0 Å². The maximum atomic E-state index is 13.7. The summed E-state index contributed by atoms with van der Waals surface area (Å²) in [5, 5.41) is 13.0. The Morgan fingerprint density at radius 1 is 1.17 bits per heavy atom. The standard InChI is InChI=1S/C30H42N4O7S/c1-20-17-34(21(2)19-35)29(36)25-11-8-12-26(32-42(38,39)24-15-13-23(40-4)14-16-24)28(25)41-27(20)18-33(3)30(37)31-22-9-6-5-7-10-22/h8,11-16,20-22,27,32,35H,5-7,9-10,17-19H2,1-4H3,(H,31,37)/t20-,21-,27-/m0/s1. The molecule has 4 rings (SSSR count). The van der Waals surface area contributed by atoms with Gasteiger partial charge in [0.1, 0.15) is 11.9 Å². The summed E-state index contributed by atoms with van der Waals surface area (Å²) in [6, 6.07) is 10.1. The van der Waals surface area contributed by atoms with Crippen LogP contribution < -0.4 is 19.5 Å². The molecule has 0 unspecified atom stereocenters. The van der Waals surface area contributed by atoms with E-state index in [9.17, 15) is 23.1 Å². The zero-order valence-electron chi connectivity index (χ0n) is 24.7. The molecule has 0 radical (unpaired) electrons. The number of hydrogen-bond acceptors (Lipinski definition) is 7. The molecule has 1 aliphatic carbocycles. The second-order valence-electron chi connectivity index (χ2n) is 11.3. The zero-order chi connectivity index (χ0) is 30.4. The number of nitrogens with one attached hydrogen (secondary N) is 2. The molecule has 1 saturated carbocycles. The molecule has 2 aliphatic rings. The van der Waals surface area contributed by atoms with Gasteiger partial charge in [-0.1, -0.05) is 32.3 Å². The molecular formula is C30H42N4O7S. The van der Waals surface area contributed by atoms with Crippen LogP contribution in [0.4, 0.5) is 10.5 Å². The van der Waals surface area contributed by atoms with Gasteiger partial charge in [0.25, 0.3) is 15.9 Å². The highest BCUT2D eigenvalue weighted by atomic mass is 32.2. The van der Waals surface area contributed by atoms with Crippen molar-refractivity contribution < 1.29 is 32.6 Å². The Labute approximate surface area is 248 Å². The number of anilines is 1. The number of methoxy groups -OCH3 is 1. The lowest BCUT2D eigenvalue weighted by molar-refractivity contribution is 0.0368. The Balaban J connectivity index is 1.66. The normalized spacial score (nSPS) is 20.4. The molecule has 1 aliphatic heterocycles. The number of sulfonamides is 1. The molecule has 3 amide bonds. The highest BCUT2D eigenvalue weighted by molar-refractivity contribution is 7.92. The maximum Gasteiger partial charge on any atom is 0.317 e. The van der Waals surface area contributed by atoms with Crippen molar-refractivity contribution in [1.82, 2.24) is 15.1 Å². The molecule has 0 aromatic heterocycles. The van der Waals surface area contributed by atoms with Crippen molar-refractivity contribution >= 4 is 27.6 Å². The van der Waals surface area contributed by atoms with Gasteiger partial charge < -0.3 is 29.7 Å². The molecule has 2 aromatic rings. The van der Waals surface area contributed by atoms with Gasteiger partial charge in [-0.2, -0.15) is 0 Å². The molecule has 3 atom stereocenters. The number of likely N-dealkylation sites (N-methyl/N-ethyl adjacent to an activating group) is 1. The van der Waals surface area contributed by atoms with Crippen molar-refractivity contribution in [3.05, 3.63) is 48.0 Å². The van der Waals surface area contributed by atoms with Crippen LogP contribution in [-0.4, -0.2) is 87.3 Å². The fourth-order valence-electron chi connectivity index (χ4n) is 5.38. The summed E-state index contributed by atoms with van der Waals surface area (Å²) >= 11 is 0. The first-order valence-corrected chi connectivity index (χ1v) is 15.9. The van der Waals surface area contributed by atoms with Crippen LogP contribution in [-0.2, 0) is 10.0 Å². The first-order valence-electron chi connectivity index (χ1n) is 14.4. The van der Waals surface area contributed by atoms with Crippen molar-refractivity contribution in [3.8, 4) is 11.5 Å². The summed E-state index contributed by atoms with van der Waals surface area (Å²) in [7, 11) is -0.860. The van der Waals surface area contributed by atoms with Gasteiger partial charge in [-0.15, -0.1) is 0 Å². The average Bonchev–Trinajstić information content (AvgIpc) is 2.99. The van der Waals surface area contributed by atoms with Crippen molar-refractivity contribution in [2.75, 3.05) is 38.6 Å². The highest BCUT2D eigenvalue weighted by Crippen LogP contribution is 2.36. The first-order chi connectivity index (χ1) is 20.0. The number of urea groups is 1. The Morgan fingerprint density at radius 2 is 1.86 bits per heavy atom. The van der Waals surface area contributed by atoms with Crippen LogP contribution in [0.25, 0.3) is 0 Å². The largest absolute Gasteiger partial charge is 0.497 e. The molecule has 0 saturated heterocycles. The lowest BCUT2D eigenvalue weighted by Gasteiger charge is -2.38. The van der Waals surface area contributed by atoms with E-state index >= 15 is 0 Å². The SMILES string of the molecule is COc1ccc(S(=O)(=O)Nc2cccc3c2O[C@@H](CN(C)C(=O)NC2CCCCC2)[C@@H](C)CN([C@@H](C)CO)C3=O)cc1. The Morgan fingerprint density at radius 3 is 2.50 bits per heavy atom. The van der Waals surface area contributed by atoms with E-state index in [2.05, 4.69) is 10.0 Å². The van der Waals surface area contributed by atoms with Crippen LogP contribution in [0.15, 0.2) is 47.4 Å². The summed E-state index contributed by atoms with van der Waals surface area (Å²) in [5.74, 6) is -0.0512. The number of benzene rings is 2. The minimum absolute atomic E-state index is 0.0117. The van der Waals surface area contributed by atoms with E-state index in [0.717, 1.165) is 25.7 Å². The van der Waals surface area contributed by atoms with Crippen molar-refractivity contribution in [3.63, 3.8) is 0 Å². The van der Waals surface area contributed by atoms with Gasteiger partial charge in [-0.05, 0) is 56.2 Å². The quantitative estimate of drug-likeness (QED) is 0.398. The van der Waals surface area contributed by atoms with Crippen molar-refractivity contribution in [2.24, 2.45) is 5.92 Å². The fraction of sp³-hybridized carbons (Fsp3) is 0.533. The summed E-state index contributed by atoms with van der Waals surface area (Å²) in [6.45, 7) is 3.91. The number of aliphatic hydroxyl groups excluding tert-OH is 1. The zero-order valence-corrected chi connectivity index (χ0v) is 25.5. The molecule has 12 heteroatoms. The lowest BCUT2D eigenvalue weighted by atomic mass is 9.96. The minimum atomic E-state index is -4.05. The number of carbonyl (C=O) groups is 2. The van der Waals surface area contributed by atoms with E-state index in [-0.39, 0.29) is 65.5 Å². The number of amides is 3. The number of para-hydroxylation sites is 1. The molecule has 2 aromatic carbocycles. The van der Waals surface area contributed by atoms with E-state index in [0.29, 0.717) is 5.75 Å². The van der Waals surface area contributed by atoms with Crippen LogP contribution in [0.2, 0.25) is 0 Å². The summed E-state index contributed by atoms with van der Waals surface area (Å²) in [6.07, 6.45) is 4.70. The van der Waals surface area contributed by atoms with E-state index in [4.69, 9.17) is 9.47 Å². The van der Waals surface area contributed by atoms with Gasteiger partial charge in [0.15, 0.2) is 5.75 Å². The molecular weight excluding hydrogens is 560 g/mol. The molecule has 42 heavy (non-hydrogen) atoms. The Bertz CT molecular complexity index is 1350. The molecule has 0 bridgehead atoms. The monoisotopic (exact) mass is 602 g/mol. The first kappa shape index (κ1) is 31.4. The van der Waals surface area contributed by atoms with Gasteiger partial charge in [0, 0.05) is 25.6 Å². The van der Waals surface area contributed by atoms with Crippen LogP contribution in [0, 0.1) is 5.92 Å². The predicted molar refractivity (Wildman–Crippen MR) is 159 cm³/mol. The third kappa shape index (κ3) is 7.27. The van der Waals surface area contributed by atoms with Gasteiger partial charge >= 0.3 is 6.03 Å². The molecule has 11 nitrogen and oxygen atoms in total. The van der Waals surface area contributed by atoms with Crippen LogP contribution in [0.1, 0.15) is 56.3 Å².